The topological polar surface area (TPSA) is 142 Å². The first-order chi connectivity index (χ1) is 17.9. The van der Waals surface area contributed by atoms with Crippen molar-refractivity contribution in [2.24, 2.45) is 0 Å². The van der Waals surface area contributed by atoms with Gasteiger partial charge in [0.1, 0.15) is 11.1 Å². The number of anilines is 1. The molecule has 0 aliphatic carbocycles. The van der Waals surface area contributed by atoms with Crippen LogP contribution in [-0.2, 0) is 9.59 Å². The Morgan fingerprint density at radius 1 is 0.730 bits per heavy atom. The summed E-state index contributed by atoms with van der Waals surface area (Å²) in [5.41, 5.74) is -1.13. The van der Waals surface area contributed by atoms with Gasteiger partial charge in [0.25, 0.3) is 17.4 Å². The third-order valence-electron chi connectivity index (χ3n) is 5.22. The molecule has 37 heavy (non-hydrogen) atoms. The Bertz CT molecular complexity index is 1600. The van der Waals surface area contributed by atoms with E-state index in [0.717, 1.165) is 9.47 Å². The normalized spacial score (nSPS) is 15.4. The van der Waals surface area contributed by atoms with Gasteiger partial charge in [-0.25, -0.2) is 19.1 Å². The van der Waals surface area contributed by atoms with E-state index in [1.54, 1.807) is 66.7 Å². The van der Waals surface area contributed by atoms with E-state index in [9.17, 15) is 29.1 Å². The number of urea groups is 1. The van der Waals surface area contributed by atoms with Gasteiger partial charge in [0, 0.05) is 0 Å². The number of nitrogens with zero attached hydrogens (tertiary/aromatic N) is 2. The summed E-state index contributed by atoms with van der Waals surface area (Å²) in [5.74, 6) is -2.12. The molecule has 1 saturated heterocycles. The number of hydrogen-bond donors (Lipinski definition) is 3. The number of amides is 4. The summed E-state index contributed by atoms with van der Waals surface area (Å²) < 4.78 is 0.908. The van der Waals surface area contributed by atoms with Crippen LogP contribution in [0, 0.1) is 0 Å². The van der Waals surface area contributed by atoms with Crippen molar-refractivity contribution in [3.8, 4) is 11.6 Å². The maximum absolute atomic E-state index is 12.8. The molecule has 1 fully saturated rings. The van der Waals surface area contributed by atoms with Crippen LogP contribution in [0.1, 0.15) is 5.56 Å². The second-order valence-electron chi connectivity index (χ2n) is 7.61. The number of carbonyl (C=O) groups excluding carboxylic acids is 3. The monoisotopic (exact) mass is 496 g/mol. The van der Waals surface area contributed by atoms with Crippen molar-refractivity contribution in [2.45, 2.75) is 0 Å². The van der Waals surface area contributed by atoms with E-state index < -0.39 is 35.0 Å². The molecule has 0 spiro atoms. The van der Waals surface area contributed by atoms with Crippen molar-refractivity contribution in [3.05, 3.63) is 129 Å². The van der Waals surface area contributed by atoms with Crippen LogP contribution in [0.5, 0.6) is 5.88 Å². The number of para-hydroxylation sites is 2. The fraction of sp³-hybridized carbons (Fsp3) is 0. The van der Waals surface area contributed by atoms with Gasteiger partial charge in [-0.15, -0.1) is 0 Å². The molecule has 2 heterocycles. The first-order valence-corrected chi connectivity index (χ1v) is 11.0. The lowest BCUT2D eigenvalue weighted by Crippen LogP contribution is -2.54. The number of aromatic amines is 1. The molecule has 4 amide bonds. The molecular weight excluding hydrogens is 476 g/mol. The maximum atomic E-state index is 12.8. The lowest BCUT2D eigenvalue weighted by atomic mass is 10.1. The molecule has 184 valence electrons. The van der Waals surface area contributed by atoms with E-state index in [0.29, 0.717) is 11.4 Å². The van der Waals surface area contributed by atoms with Crippen LogP contribution in [0.25, 0.3) is 11.8 Å². The van der Waals surface area contributed by atoms with Gasteiger partial charge in [0.05, 0.1) is 11.4 Å². The summed E-state index contributed by atoms with van der Waals surface area (Å²) >= 11 is 0. The zero-order valence-electron chi connectivity index (χ0n) is 19.2. The second-order valence-corrected chi connectivity index (χ2v) is 7.61. The van der Waals surface area contributed by atoms with Crippen molar-refractivity contribution in [2.75, 3.05) is 4.90 Å². The van der Waals surface area contributed by atoms with Gasteiger partial charge in [-0.3, -0.25) is 24.7 Å². The Morgan fingerprint density at radius 3 is 2.00 bits per heavy atom. The molecule has 0 bridgehead atoms. The number of rotatable bonds is 6. The molecule has 1 aromatic heterocycles. The summed E-state index contributed by atoms with van der Waals surface area (Å²) in [6.45, 7) is 0. The molecule has 10 heteroatoms. The molecule has 0 atom stereocenters. The van der Waals surface area contributed by atoms with Crippen LogP contribution in [0.4, 0.5) is 10.5 Å². The van der Waals surface area contributed by atoms with E-state index in [-0.39, 0.29) is 11.1 Å². The highest BCUT2D eigenvalue weighted by atomic mass is 16.3. The van der Waals surface area contributed by atoms with Crippen molar-refractivity contribution < 1.29 is 19.5 Å². The molecule has 2 aromatic carbocycles. The minimum absolute atomic E-state index is 0.116. The SMILES string of the molecule is O=C1NC(=O)N(c2ccccc2)C(=O)\C1=C/C=C/C=C/C=C/c1c(O)[nH]c(=O)n(-c2ccccc2)c1=O. The van der Waals surface area contributed by atoms with Gasteiger partial charge < -0.3 is 5.11 Å². The lowest BCUT2D eigenvalue weighted by Gasteiger charge is -2.26. The van der Waals surface area contributed by atoms with Crippen LogP contribution in [0.2, 0.25) is 0 Å². The molecule has 1 aliphatic rings. The summed E-state index contributed by atoms with van der Waals surface area (Å²) in [6, 6.07) is 15.7. The lowest BCUT2D eigenvalue weighted by molar-refractivity contribution is -0.122. The number of nitrogens with one attached hydrogen (secondary N) is 2. The van der Waals surface area contributed by atoms with Crippen molar-refractivity contribution in [3.63, 3.8) is 0 Å². The Balaban J connectivity index is 1.49. The largest absolute Gasteiger partial charge is 0.494 e. The first-order valence-electron chi connectivity index (χ1n) is 11.0. The van der Waals surface area contributed by atoms with Gasteiger partial charge in [0.15, 0.2) is 0 Å². The first kappa shape index (κ1) is 24.6. The summed E-state index contributed by atoms with van der Waals surface area (Å²) in [5, 5.41) is 12.2. The van der Waals surface area contributed by atoms with Crippen LogP contribution in [-0.4, -0.2) is 32.5 Å². The van der Waals surface area contributed by atoms with Crippen LogP contribution in [0.3, 0.4) is 0 Å². The average molecular weight is 496 g/mol. The number of hydrogen-bond acceptors (Lipinski definition) is 6. The fourth-order valence-corrected chi connectivity index (χ4v) is 3.49. The summed E-state index contributed by atoms with van der Waals surface area (Å²) in [4.78, 5) is 65.0. The van der Waals surface area contributed by atoms with E-state index in [2.05, 4.69) is 10.3 Å². The molecule has 3 N–H and O–H groups in total. The Labute approximate surface area is 209 Å². The molecule has 10 nitrogen and oxygen atoms in total. The van der Waals surface area contributed by atoms with Crippen LogP contribution < -0.4 is 21.5 Å². The predicted molar refractivity (Wildman–Crippen MR) is 137 cm³/mol. The standard InChI is InChI=1S/C27H20N4O6/c32-22-20(24(34)30(26(36)28-22)18-12-6-4-7-13-18)16-10-2-1-3-11-17-21-23(33)29-27(37)31(25(21)35)19-14-8-5-9-15-19/h1-17,32H,(H,28,36)(H,29,33,37)/b2-1+,11-3+,16-10+,21-17-. The van der Waals surface area contributed by atoms with E-state index in [1.807, 2.05) is 0 Å². The highest BCUT2D eigenvalue weighted by Gasteiger charge is 2.36. The summed E-state index contributed by atoms with van der Waals surface area (Å²) in [6.07, 6.45) is 10.1. The number of allylic oxidation sites excluding steroid dienone is 6. The molecule has 0 unspecified atom stereocenters. The molecule has 1 aliphatic heterocycles. The quantitative estimate of drug-likeness (QED) is 0.272. The Kier molecular flexibility index (Phi) is 7.20. The smallest absolute Gasteiger partial charge is 0.335 e. The number of H-pyrrole nitrogens is 1. The maximum Gasteiger partial charge on any atom is 0.335 e. The van der Waals surface area contributed by atoms with Gasteiger partial charge in [0.2, 0.25) is 5.88 Å². The number of barbiturate groups is 1. The number of aromatic hydroxyl groups is 1. The fourth-order valence-electron chi connectivity index (χ4n) is 3.49. The van der Waals surface area contributed by atoms with Crippen LogP contribution in [0.15, 0.2) is 112 Å². The van der Waals surface area contributed by atoms with E-state index in [1.165, 1.54) is 36.5 Å². The molecule has 4 rings (SSSR count). The van der Waals surface area contributed by atoms with Crippen LogP contribution >= 0.6 is 0 Å². The van der Waals surface area contributed by atoms with Crippen molar-refractivity contribution in [1.29, 1.82) is 0 Å². The van der Waals surface area contributed by atoms with E-state index in [4.69, 9.17) is 0 Å². The Morgan fingerprint density at radius 2 is 1.32 bits per heavy atom. The van der Waals surface area contributed by atoms with Crippen molar-refractivity contribution >= 4 is 29.6 Å². The second kappa shape index (κ2) is 10.8. The number of benzene rings is 2. The van der Waals surface area contributed by atoms with Crippen molar-refractivity contribution in [1.82, 2.24) is 14.9 Å². The van der Waals surface area contributed by atoms with Gasteiger partial charge in [-0.1, -0.05) is 66.8 Å². The average Bonchev–Trinajstić information content (AvgIpc) is 2.87. The van der Waals surface area contributed by atoms with Gasteiger partial charge in [-0.05, 0) is 36.4 Å². The van der Waals surface area contributed by atoms with Gasteiger partial charge >= 0.3 is 11.7 Å². The predicted octanol–water partition coefficient (Wildman–Crippen LogP) is 2.57. The highest BCUT2D eigenvalue weighted by Crippen LogP contribution is 2.19. The zero-order chi connectivity index (χ0) is 26.4. The third-order valence-corrected chi connectivity index (χ3v) is 5.22. The number of carbonyl (C=O) groups is 3. The minimum Gasteiger partial charge on any atom is -0.494 e. The number of imide groups is 2. The molecule has 0 saturated carbocycles. The minimum atomic E-state index is -0.829. The number of aromatic nitrogens is 2. The molecular formula is C27H20N4O6. The zero-order valence-corrected chi connectivity index (χ0v) is 19.2. The van der Waals surface area contributed by atoms with E-state index >= 15 is 0 Å². The van der Waals surface area contributed by atoms with Gasteiger partial charge in [-0.2, -0.15) is 0 Å². The Hall–Kier alpha value is -5.51. The molecule has 0 radical (unpaired) electrons. The third kappa shape index (κ3) is 5.28. The summed E-state index contributed by atoms with van der Waals surface area (Å²) in [7, 11) is 0. The highest BCUT2D eigenvalue weighted by molar-refractivity contribution is 6.37. The molecule has 3 aromatic rings.